The third kappa shape index (κ3) is 9.06. The molecule has 2 nitrogen and oxygen atoms in total. The summed E-state index contributed by atoms with van der Waals surface area (Å²) in [6.45, 7) is 0.490. The molecule has 0 atom stereocenters. The highest BCUT2D eigenvalue weighted by Crippen LogP contribution is 2.12. The number of aliphatic hydroxyl groups is 2. The lowest BCUT2D eigenvalue weighted by atomic mass is 10.5. The molecule has 0 fully saturated rings. The average Bonchev–Trinajstić information content (AvgIpc) is 2.06. The molecule has 5 heteroatoms. The topological polar surface area (TPSA) is 40.5 Å². The minimum Gasteiger partial charge on any atom is -0.396 e. The minimum absolute atomic E-state index is 0.245. The third-order valence-electron chi connectivity index (χ3n) is 1.09. The van der Waals surface area contributed by atoms with E-state index in [1.54, 1.807) is 23.5 Å². The van der Waals surface area contributed by atoms with Gasteiger partial charge in [0.1, 0.15) is 0 Å². The van der Waals surface area contributed by atoms with Gasteiger partial charge in [0.05, 0.1) is 13.2 Å². The Labute approximate surface area is 87.9 Å². The van der Waals surface area contributed by atoms with Gasteiger partial charge in [-0.15, -0.1) is 0 Å². The van der Waals surface area contributed by atoms with Crippen molar-refractivity contribution in [2.75, 3.05) is 36.2 Å². The maximum Gasteiger partial charge on any atom is 0.0521 e. The van der Waals surface area contributed by atoms with Crippen LogP contribution >= 0.6 is 36.2 Å². The van der Waals surface area contributed by atoms with Crippen molar-refractivity contribution in [3.8, 4) is 0 Å². The standard InChI is InChI=1S/C7H16O2S3/c8-1-3-11-5-7(10)6-12-4-2-9/h7-10H,1-6H2. The van der Waals surface area contributed by atoms with E-state index < -0.39 is 0 Å². The highest BCUT2D eigenvalue weighted by Gasteiger charge is 2.02. The van der Waals surface area contributed by atoms with Crippen LogP contribution in [0, 0.1) is 0 Å². The quantitative estimate of drug-likeness (QED) is 0.423. The van der Waals surface area contributed by atoms with E-state index >= 15 is 0 Å². The van der Waals surface area contributed by atoms with Crippen molar-refractivity contribution in [2.45, 2.75) is 5.25 Å². The summed E-state index contributed by atoms with van der Waals surface area (Å²) in [5.74, 6) is 3.54. The molecule has 0 saturated heterocycles. The van der Waals surface area contributed by atoms with Crippen LogP contribution in [-0.4, -0.2) is 51.7 Å². The number of thiol groups is 1. The lowest BCUT2D eigenvalue weighted by molar-refractivity contribution is 0.322. The van der Waals surface area contributed by atoms with E-state index in [2.05, 4.69) is 12.6 Å². The fourth-order valence-electron chi connectivity index (χ4n) is 0.616. The van der Waals surface area contributed by atoms with Crippen LogP contribution in [-0.2, 0) is 0 Å². The maximum atomic E-state index is 8.51. The highest BCUT2D eigenvalue weighted by molar-refractivity contribution is 8.01. The minimum atomic E-state index is 0.245. The Hall–Kier alpha value is 0.970. The molecule has 0 saturated carbocycles. The summed E-state index contributed by atoms with van der Waals surface area (Å²) in [6.07, 6.45) is 0. The molecule has 12 heavy (non-hydrogen) atoms. The number of thioether (sulfide) groups is 2. The molecule has 0 amide bonds. The van der Waals surface area contributed by atoms with E-state index in [9.17, 15) is 0 Å². The average molecular weight is 228 g/mol. The van der Waals surface area contributed by atoms with Gasteiger partial charge in [-0.1, -0.05) is 0 Å². The predicted molar refractivity (Wildman–Crippen MR) is 61.6 cm³/mol. The molecule has 0 aromatic heterocycles. The van der Waals surface area contributed by atoms with Gasteiger partial charge in [0.25, 0.3) is 0 Å². The van der Waals surface area contributed by atoms with Crippen molar-refractivity contribution in [1.29, 1.82) is 0 Å². The molecule has 74 valence electrons. The van der Waals surface area contributed by atoms with Crippen LogP contribution in [0.3, 0.4) is 0 Å². The van der Waals surface area contributed by atoms with Crippen molar-refractivity contribution in [3.05, 3.63) is 0 Å². The van der Waals surface area contributed by atoms with E-state index in [1.807, 2.05) is 0 Å². The number of rotatable bonds is 8. The van der Waals surface area contributed by atoms with Crippen molar-refractivity contribution in [2.24, 2.45) is 0 Å². The van der Waals surface area contributed by atoms with Crippen LogP contribution < -0.4 is 0 Å². The summed E-state index contributed by atoms with van der Waals surface area (Å²) in [6, 6.07) is 0. The first-order chi connectivity index (χ1) is 5.81. The number of hydrogen-bond donors (Lipinski definition) is 3. The number of aliphatic hydroxyl groups excluding tert-OH is 2. The fraction of sp³-hybridized carbons (Fsp3) is 1.00. The van der Waals surface area contributed by atoms with Gasteiger partial charge in [0.15, 0.2) is 0 Å². The SMILES string of the molecule is OCCSCC(S)CSCCO. The summed E-state index contributed by atoms with van der Waals surface area (Å²) < 4.78 is 0. The molecule has 0 aromatic rings. The van der Waals surface area contributed by atoms with Gasteiger partial charge >= 0.3 is 0 Å². The van der Waals surface area contributed by atoms with Gasteiger partial charge in [-0.25, -0.2) is 0 Å². The summed E-state index contributed by atoms with van der Waals surface area (Å²) in [7, 11) is 0. The van der Waals surface area contributed by atoms with Gasteiger partial charge in [-0.2, -0.15) is 36.2 Å². The molecular formula is C7H16O2S3. The molecule has 0 unspecified atom stereocenters. The van der Waals surface area contributed by atoms with Gasteiger partial charge in [-0.3, -0.25) is 0 Å². The van der Waals surface area contributed by atoms with Crippen LogP contribution in [0.1, 0.15) is 0 Å². The normalized spacial score (nSPS) is 11.0. The summed E-state index contributed by atoms with van der Waals surface area (Å²) in [5, 5.41) is 17.4. The Bertz CT molecular complexity index is 82.7. The Morgan fingerprint density at radius 2 is 1.42 bits per heavy atom. The largest absolute Gasteiger partial charge is 0.396 e. The first kappa shape index (κ1) is 13.0. The molecule has 0 aliphatic carbocycles. The molecule has 0 heterocycles. The fourth-order valence-corrected chi connectivity index (χ4v) is 2.77. The van der Waals surface area contributed by atoms with Gasteiger partial charge in [0, 0.05) is 28.3 Å². The zero-order chi connectivity index (χ0) is 9.23. The molecule has 0 rings (SSSR count). The lowest BCUT2D eigenvalue weighted by Crippen LogP contribution is -2.08. The zero-order valence-electron chi connectivity index (χ0n) is 6.98. The van der Waals surface area contributed by atoms with E-state index in [1.165, 1.54) is 0 Å². The van der Waals surface area contributed by atoms with Crippen molar-refractivity contribution >= 4 is 36.2 Å². The molecule has 0 aromatic carbocycles. The van der Waals surface area contributed by atoms with Crippen LogP contribution in [0.4, 0.5) is 0 Å². The monoisotopic (exact) mass is 228 g/mol. The molecule has 0 spiro atoms. The van der Waals surface area contributed by atoms with E-state index in [0.717, 1.165) is 23.0 Å². The Morgan fingerprint density at radius 3 is 1.75 bits per heavy atom. The zero-order valence-corrected chi connectivity index (χ0v) is 9.51. The summed E-state index contributed by atoms with van der Waals surface area (Å²) in [4.78, 5) is 0. The first-order valence-electron chi connectivity index (χ1n) is 3.86. The summed E-state index contributed by atoms with van der Waals surface area (Å²) >= 11 is 7.81. The summed E-state index contributed by atoms with van der Waals surface area (Å²) in [5.41, 5.74) is 0. The molecule has 0 aliphatic rings. The van der Waals surface area contributed by atoms with Crippen molar-refractivity contribution in [1.82, 2.24) is 0 Å². The second kappa shape index (κ2) is 10.1. The van der Waals surface area contributed by atoms with E-state index in [4.69, 9.17) is 10.2 Å². The predicted octanol–water partition coefficient (Wildman–Crippen LogP) is 0.736. The smallest absolute Gasteiger partial charge is 0.0521 e. The second-order valence-corrected chi connectivity index (χ2v) is 5.28. The van der Waals surface area contributed by atoms with E-state index in [0.29, 0.717) is 5.25 Å². The maximum absolute atomic E-state index is 8.51. The Balaban J connectivity index is 3.04. The Kier molecular flexibility index (Phi) is 10.9. The van der Waals surface area contributed by atoms with Crippen molar-refractivity contribution in [3.63, 3.8) is 0 Å². The van der Waals surface area contributed by atoms with Crippen LogP contribution in [0.25, 0.3) is 0 Å². The first-order valence-corrected chi connectivity index (χ1v) is 6.69. The van der Waals surface area contributed by atoms with Crippen molar-refractivity contribution < 1.29 is 10.2 Å². The third-order valence-corrected chi connectivity index (χ3v) is 4.17. The van der Waals surface area contributed by atoms with Crippen LogP contribution in [0.2, 0.25) is 0 Å². The van der Waals surface area contributed by atoms with Crippen LogP contribution in [0.5, 0.6) is 0 Å². The second-order valence-electron chi connectivity index (χ2n) is 2.25. The molecule has 0 aliphatic heterocycles. The van der Waals surface area contributed by atoms with Gasteiger partial charge in [-0.05, 0) is 0 Å². The molecule has 0 bridgehead atoms. The highest BCUT2D eigenvalue weighted by atomic mass is 32.2. The van der Waals surface area contributed by atoms with Gasteiger partial charge < -0.3 is 10.2 Å². The van der Waals surface area contributed by atoms with Gasteiger partial charge in [0.2, 0.25) is 0 Å². The van der Waals surface area contributed by atoms with E-state index in [-0.39, 0.29) is 13.2 Å². The van der Waals surface area contributed by atoms with Crippen LogP contribution in [0.15, 0.2) is 0 Å². The molecule has 0 radical (unpaired) electrons. The Morgan fingerprint density at radius 1 is 1.00 bits per heavy atom. The lowest BCUT2D eigenvalue weighted by Gasteiger charge is -2.08. The number of hydrogen-bond acceptors (Lipinski definition) is 5. The molecular weight excluding hydrogens is 212 g/mol. The molecule has 2 N–H and O–H groups in total.